The van der Waals surface area contributed by atoms with Crippen LogP contribution in [0.3, 0.4) is 0 Å². The normalized spacial score (nSPS) is 36.1. The summed E-state index contributed by atoms with van der Waals surface area (Å²) in [4.78, 5) is 31.1. The number of aliphatic imine (C=N–C) groups is 1. The number of ketones is 1. The van der Waals surface area contributed by atoms with Gasteiger partial charge in [0, 0.05) is 42.1 Å². The summed E-state index contributed by atoms with van der Waals surface area (Å²) in [7, 11) is 0. The number of para-hydroxylation sites is 1. The summed E-state index contributed by atoms with van der Waals surface area (Å²) in [6.45, 7) is 10.1. The highest BCUT2D eigenvalue weighted by molar-refractivity contribution is 6.07. The first-order valence-electron chi connectivity index (χ1n) is 14.3. The number of carbonyl (C=O) groups excluding carboxylic acids is 2. The van der Waals surface area contributed by atoms with Crippen LogP contribution in [0.2, 0.25) is 0 Å². The Morgan fingerprint density at radius 2 is 1.74 bits per heavy atom. The van der Waals surface area contributed by atoms with E-state index in [-0.39, 0.29) is 22.7 Å². The second kappa shape index (κ2) is 9.48. The van der Waals surface area contributed by atoms with Crippen molar-refractivity contribution in [3.63, 3.8) is 0 Å². The van der Waals surface area contributed by atoms with Crippen LogP contribution in [0, 0.1) is 34.5 Å². The SMILES string of the molecule is CCCc1cccc(CCC)c1NC(=O)[C@H]1CC[C@H]2[C@@H]3CN=C4CC(=O)CC[C@]4(C)[C@H]3CC[C@]12C. The molecule has 4 heteroatoms. The van der Waals surface area contributed by atoms with Crippen molar-refractivity contribution in [1.29, 1.82) is 0 Å². The Hall–Kier alpha value is -1.97. The van der Waals surface area contributed by atoms with E-state index in [1.54, 1.807) is 0 Å². The van der Waals surface area contributed by atoms with E-state index in [9.17, 15) is 9.59 Å². The number of aryl methyl sites for hydroxylation is 2. The van der Waals surface area contributed by atoms with Gasteiger partial charge in [-0.05, 0) is 79.2 Å². The number of amides is 1. The number of hydrogen-bond donors (Lipinski definition) is 1. The molecule has 0 spiro atoms. The standard InChI is InChI=1S/C31H44N2O2/c1-5-8-20-10-7-11-21(9-6-2)28(20)33-29(35)26-13-12-24-23-19-32-27-18-22(34)14-16-31(27,4)25(23)15-17-30(24,26)3/h7,10-11,23-26H,5-6,8-9,12-19H2,1-4H3,(H,33,35)/t23-,24-,25-,26+,30-,31+/m0/s1. The first-order valence-corrected chi connectivity index (χ1v) is 14.3. The Morgan fingerprint density at radius 3 is 2.43 bits per heavy atom. The zero-order valence-electron chi connectivity index (χ0n) is 22.3. The van der Waals surface area contributed by atoms with Crippen LogP contribution in [-0.4, -0.2) is 23.9 Å². The number of rotatable bonds is 6. The van der Waals surface area contributed by atoms with E-state index in [1.165, 1.54) is 23.3 Å². The molecule has 0 aromatic heterocycles. The van der Waals surface area contributed by atoms with Gasteiger partial charge in [0.1, 0.15) is 5.78 Å². The Kier molecular flexibility index (Phi) is 6.70. The van der Waals surface area contributed by atoms with E-state index in [4.69, 9.17) is 4.99 Å². The molecule has 3 aliphatic carbocycles. The van der Waals surface area contributed by atoms with Crippen LogP contribution in [0.25, 0.3) is 0 Å². The predicted octanol–water partition coefficient (Wildman–Crippen LogP) is 6.80. The molecule has 5 rings (SSSR count). The van der Waals surface area contributed by atoms with Gasteiger partial charge in [-0.15, -0.1) is 0 Å². The molecule has 190 valence electrons. The van der Waals surface area contributed by atoms with Crippen LogP contribution in [0.5, 0.6) is 0 Å². The van der Waals surface area contributed by atoms with Crippen molar-refractivity contribution >= 4 is 23.1 Å². The van der Waals surface area contributed by atoms with Gasteiger partial charge in [0.2, 0.25) is 5.91 Å². The summed E-state index contributed by atoms with van der Waals surface area (Å²) in [6, 6.07) is 6.53. The van der Waals surface area contributed by atoms with Gasteiger partial charge in [-0.25, -0.2) is 0 Å². The van der Waals surface area contributed by atoms with Crippen molar-refractivity contribution in [2.24, 2.45) is 39.5 Å². The van der Waals surface area contributed by atoms with Crippen molar-refractivity contribution in [3.8, 4) is 0 Å². The fourth-order valence-corrected chi connectivity index (χ4v) is 8.62. The van der Waals surface area contributed by atoms with Crippen LogP contribution >= 0.6 is 0 Å². The lowest BCUT2D eigenvalue weighted by Gasteiger charge is -2.56. The summed E-state index contributed by atoms with van der Waals surface area (Å²) in [5, 5.41) is 3.47. The molecule has 0 unspecified atom stereocenters. The largest absolute Gasteiger partial charge is 0.325 e. The lowest BCUT2D eigenvalue weighted by atomic mass is 9.49. The van der Waals surface area contributed by atoms with E-state index in [0.29, 0.717) is 36.4 Å². The third-order valence-electron chi connectivity index (χ3n) is 10.5. The monoisotopic (exact) mass is 476 g/mol. The van der Waals surface area contributed by atoms with E-state index in [1.807, 2.05) is 0 Å². The van der Waals surface area contributed by atoms with Gasteiger partial charge in [-0.1, -0.05) is 58.7 Å². The molecule has 35 heavy (non-hydrogen) atoms. The maximum absolute atomic E-state index is 13.9. The second-order valence-electron chi connectivity index (χ2n) is 12.4. The Balaban J connectivity index is 1.38. The highest BCUT2D eigenvalue weighted by atomic mass is 16.2. The number of Topliss-reactive ketones (excluding diaryl/α,β-unsaturated/α-hetero) is 1. The van der Waals surface area contributed by atoms with Gasteiger partial charge in [-0.3, -0.25) is 14.6 Å². The summed E-state index contributed by atoms with van der Waals surface area (Å²) in [5.74, 6) is 2.40. The number of nitrogens with one attached hydrogen (secondary N) is 1. The minimum Gasteiger partial charge on any atom is -0.325 e. The van der Waals surface area contributed by atoms with Gasteiger partial charge in [-0.2, -0.15) is 0 Å². The van der Waals surface area contributed by atoms with Crippen LogP contribution < -0.4 is 5.32 Å². The fourth-order valence-electron chi connectivity index (χ4n) is 8.62. The highest BCUT2D eigenvalue weighted by Gasteiger charge is 2.60. The molecule has 3 fully saturated rings. The van der Waals surface area contributed by atoms with Crippen molar-refractivity contribution in [3.05, 3.63) is 29.3 Å². The lowest BCUT2D eigenvalue weighted by Crippen LogP contribution is -2.55. The first kappa shape index (κ1) is 24.7. The van der Waals surface area contributed by atoms with E-state index >= 15 is 0 Å². The van der Waals surface area contributed by atoms with Crippen LogP contribution in [-0.2, 0) is 22.4 Å². The van der Waals surface area contributed by atoms with Crippen molar-refractivity contribution in [1.82, 2.24) is 0 Å². The molecule has 1 aromatic rings. The average Bonchev–Trinajstić information content (AvgIpc) is 3.19. The van der Waals surface area contributed by atoms with E-state index < -0.39 is 0 Å². The molecule has 4 nitrogen and oxygen atoms in total. The van der Waals surface area contributed by atoms with Gasteiger partial charge >= 0.3 is 0 Å². The topological polar surface area (TPSA) is 58.5 Å². The summed E-state index contributed by atoms with van der Waals surface area (Å²) < 4.78 is 0. The predicted molar refractivity (Wildman–Crippen MR) is 143 cm³/mol. The molecule has 0 radical (unpaired) electrons. The zero-order chi connectivity index (χ0) is 24.8. The Morgan fingerprint density at radius 1 is 1.03 bits per heavy atom. The molecule has 1 amide bonds. The third-order valence-corrected chi connectivity index (χ3v) is 10.5. The number of carbonyl (C=O) groups is 2. The maximum Gasteiger partial charge on any atom is 0.228 e. The van der Waals surface area contributed by atoms with Crippen LogP contribution in [0.15, 0.2) is 23.2 Å². The molecule has 1 heterocycles. The van der Waals surface area contributed by atoms with Crippen LogP contribution in [0.1, 0.15) is 96.6 Å². The smallest absolute Gasteiger partial charge is 0.228 e. The molecule has 0 saturated heterocycles. The van der Waals surface area contributed by atoms with Crippen molar-refractivity contribution < 1.29 is 9.59 Å². The number of anilines is 1. The number of fused-ring (bicyclic) bond motifs is 5. The fraction of sp³-hybridized carbons (Fsp3) is 0.710. The third kappa shape index (κ3) is 4.09. The Labute approximate surface area is 211 Å². The van der Waals surface area contributed by atoms with Gasteiger partial charge in [0.05, 0.1) is 0 Å². The molecule has 4 aliphatic rings. The minimum atomic E-state index is 0.0454. The van der Waals surface area contributed by atoms with Gasteiger partial charge in [0.15, 0.2) is 0 Å². The molecule has 1 aromatic carbocycles. The molecule has 1 N–H and O–H groups in total. The second-order valence-corrected chi connectivity index (χ2v) is 12.4. The number of hydrogen-bond acceptors (Lipinski definition) is 3. The molecule has 1 aliphatic heterocycles. The van der Waals surface area contributed by atoms with E-state index in [2.05, 4.69) is 51.2 Å². The molecular weight excluding hydrogens is 432 g/mol. The van der Waals surface area contributed by atoms with Crippen molar-refractivity contribution in [2.75, 3.05) is 11.9 Å². The molecule has 3 saturated carbocycles. The first-order chi connectivity index (χ1) is 16.8. The maximum atomic E-state index is 13.9. The minimum absolute atomic E-state index is 0.0454. The summed E-state index contributed by atoms with van der Waals surface area (Å²) >= 11 is 0. The van der Waals surface area contributed by atoms with E-state index in [0.717, 1.165) is 63.6 Å². The highest BCUT2D eigenvalue weighted by Crippen LogP contribution is 2.63. The zero-order valence-corrected chi connectivity index (χ0v) is 22.3. The summed E-state index contributed by atoms with van der Waals surface area (Å²) in [6.07, 6.45) is 10.8. The molecule has 6 atom stereocenters. The van der Waals surface area contributed by atoms with Gasteiger partial charge in [0.25, 0.3) is 0 Å². The lowest BCUT2D eigenvalue weighted by molar-refractivity contribution is -0.127. The quantitative estimate of drug-likeness (QED) is 0.491. The average molecular weight is 477 g/mol. The number of nitrogens with zero attached hydrogens (tertiary/aromatic N) is 1. The number of benzene rings is 1. The van der Waals surface area contributed by atoms with Gasteiger partial charge < -0.3 is 5.32 Å². The van der Waals surface area contributed by atoms with Crippen LogP contribution in [0.4, 0.5) is 5.69 Å². The Bertz CT molecular complexity index is 1000. The summed E-state index contributed by atoms with van der Waals surface area (Å²) in [5.41, 5.74) is 4.97. The van der Waals surface area contributed by atoms with Crippen molar-refractivity contribution in [2.45, 2.75) is 98.3 Å². The molecule has 0 bridgehead atoms. The molecular formula is C31H44N2O2.